The summed E-state index contributed by atoms with van der Waals surface area (Å²) in [4.78, 5) is 12.0. The highest BCUT2D eigenvalue weighted by atomic mass is 32.2. The molecular formula is C15H26O3S. The van der Waals surface area contributed by atoms with Gasteiger partial charge in [0, 0.05) is 12.3 Å². The summed E-state index contributed by atoms with van der Waals surface area (Å²) >= 11 is 0. The summed E-state index contributed by atoms with van der Waals surface area (Å²) < 4.78 is 23.8. The van der Waals surface area contributed by atoms with Gasteiger partial charge in [0.05, 0.1) is 11.0 Å². The highest BCUT2D eigenvalue weighted by Crippen LogP contribution is 2.37. The molecule has 0 N–H and O–H groups in total. The third-order valence-corrected chi connectivity index (χ3v) is 7.05. The molecule has 0 aliphatic heterocycles. The fourth-order valence-corrected chi connectivity index (χ4v) is 4.32. The largest absolute Gasteiger partial charge is 0.299 e. The van der Waals surface area contributed by atoms with E-state index < -0.39 is 9.84 Å². The minimum Gasteiger partial charge on any atom is -0.299 e. The molecule has 2 rings (SSSR count). The zero-order valence-electron chi connectivity index (χ0n) is 12.1. The first-order chi connectivity index (χ1) is 8.88. The van der Waals surface area contributed by atoms with Gasteiger partial charge >= 0.3 is 0 Å². The van der Waals surface area contributed by atoms with Crippen LogP contribution in [0.15, 0.2) is 0 Å². The average molecular weight is 286 g/mol. The molecule has 4 heteroatoms. The van der Waals surface area contributed by atoms with Crippen LogP contribution in [0, 0.1) is 17.8 Å². The van der Waals surface area contributed by atoms with Crippen LogP contribution >= 0.6 is 0 Å². The van der Waals surface area contributed by atoms with Crippen LogP contribution in [0.25, 0.3) is 0 Å². The van der Waals surface area contributed by atoms with Crippen LogP contribution in [0.2, 0.25) is 0 Å². The Kier molecular flexibility index (Phi) is 4.70. The van der Waals surface area contributed by atoms with E-state index in [0.717, 1.165) is 32.1 Å². The van der Waals surface area contributed by atoms with Gasteiger partial charge in [-0.25, -0.2) is 8.42 Å². The molecule has 0 heterocycles. The van der Waals surface area contributed by atoms with Crippen LogP contribution in [0.1, 0.15) is 58.8 Å². The standard InChI is InChI=1S/C15H26O3S/c1-11(2)19(17,18)10-13-5-7-14(8-6-13)15(16)9-12-3-4-12/h11-14H,3-10H2,1-2H3. The number of carbonyl (C=O) groups is 1. The Balaban J connectivity index is 1.77. The van der Waals surface area contributed by atoms with Gasteiger partial charge in [-0.05, 0) is 64.2 Å². The lowest BCUT2D eigenvalue weighted by molar-refractivity contribution is -0.124. The normalized spacial score (nSPS) is 28.6. The van der Waals surface area contributed by atoms with Gasteiger partial charge in [-0.2, -0.15) is 0 Å². The minimum atomic E-state index is -2.93. The number of Topliss-reactive ketones (excluding diaryl/α,β-unsaturated/α-hetero) is 1. The Morgan fingerprint density at radius 2 is 1.53 bits per heavy atom. The van der Waals surface area contributed by atoms with Crippen LogP contribution in [-0.2, 0) is 14.6 Å². The zero-order chi connectivity index (χ0) is 14.0. The third-order valence-electron chi connectivity index (χ3n) is 4.68. The summed E-state index contributed by atoms with van der Waals surface area (Å²) in [5.74, 6) is 1.92. The van der Waals surface area contributed by atoms with Crippen molar-refractivity contribution in [3.05, 3.63) is 0 Å². The van der Waals surface area contributed by atoms with Crippen molar-refractivity contribution in [3.63, 3.8) is 0 Å². The summed E-state index contributed by atoms with van der Waals surface area (Å²) in [6, 6.07) is 0. The van der Waals surface area contributed by atoms with E-state index in [1.54, 1.807) is 13.8 Å². The topological polar surface area (TPSA) is 51.2 Å². The number of hydrogen-bond acceptors (Lipinski definition) is 3. The maximum absolute atomic E-state index is 12.0. The summed E-state index contributed by atoms with van der Waals surface area (Å²) in [5.41, 5.74) is 0. The molecule has 110 valence electrons. The molecule has 2 fully saturated rings. The quantitative estimate of drug-likeness (QED) is 0.754. The van der Waals surface area contributed by atoms with Crippen molar-refractivity contribution < 1.29 is 13.2 Å². The molecular weight excluding hydrogens is 260 g/mol. The van der Waals surface area contributed by atoms with E-state index in [1.807, 2.05) is 0 Å². The van der Waals surface area contributed by atoms with Gasteiger partial charge in [-0.3, -0.25) is 4.79 Å². The number of hydrogen-bond donors (Lipinski definition) is 0. The van der Waals surface area contributed by atoms with E-state index >= 15 is 0 Å². The van der Waals surface area contributed by atoms with E-state index in [2.05, 4.69) is 0 Å². The van der Waals surface area contributed by atoms with Crippen LogP contribution in [-0.4, -0.2) is 25.2 Å². The van der Waals surface area contributed by atoms with Gasteiger partial charge in [-0.1, -0.05) is 0 Å². The predicted octanol–water partition coefficient (Wildman–Crippen LogP) is 2.99. The smallest absolute Gasteiger partial charge is 0.152 e. The highest BCUT2D eigenvalue weighted by molar-refractivity contribution is 7.91. The minimum absolute atomic E-state index is 0.221. The molecule has 3 nitrogen and oxygen atoms in total. The lowest BCUT2D eigenvalue weighted by Crippen LogP contribution is -2.28. The van der Waals surface area contributed by atoms with Gasteiger partial charge in [0.2, 0.25) is 0 Å². The molecule has 0 saturated heterocycles. The maximum Gasteiger partial charge on any atom is 0.152 e. The predicted molar refractivity (Wildman–Crippen MR) is 76.7 cm³/mol. The van der Waals surface area contributed by atoms with E-state index in [0.29, 0.717) is 17.5 Å². The molecule has 0 radical (unpaired) electrons. The van der Waals surface area contributed by atoms with Crippen molar-refractivity contribution in [1.29, 1.82) is 0 Å². The molecule has 2 aliphatic rings. The SMILES string of the molecule is CC(C)S(=O)(=O)CC1CCC(C(=O)CC2CC2)CC1. The first-order valence-electron chi connectivity index (χ1n) is 7.62. The Morgan fingerprint density at radius 3 is 2.00 bits per heavy atom. The van der Waals surface area contributed by atoms with Gasteiger partial charge < -0.3 is 0 Å². The second-order valence-electron chi connectivity index (χ2n) is 6.71. The highest BCUT2D eigenvalue weighted by Gasteiger charge is 2.32. The molecule has 0 unspecified atom stereocenters. The molecule has 2 saturated carbocycles. The summed E-state index contributed by atoms with van der Waals surface area (Å²) in [6.07, 6.45) is 6.87. The van der Waals surface area contributed by atoms with Gasteiger partial charge in [0.15, 0.2) is 9.84 Å². The van der Waals surface area contributed by atoms with Crippen LogP contribution in [0.5, 0.6) is 0 Å². The summed E-state index contributed by atoms with van der Waals surface area (Å²) in [6.45, 7) is 3.50. The Bertz CT molecular complexity index is 413. The second-order valence-corrected chi connectivity index (χ2v) is 9.31. The molecule has 2 aliphatic carbocycles. The van der Waals surface area contributed by atoms with E-state index in [9.17, 15) is 13.2 Å². The number of rotatable bonds is 6. The fraction of sp³-hybridized carbons (Fsp3) is 0.933. The first-order valence-corrected chi connectivity index (χ1v) is 9.34. The molecule has 0 aromatic carbocycles. The van der Waals surface area contributed by atoms with Crippen molar-refractivity contribution in [3.8, 4) is 0 Å². The maximum atomic E-state index is 12.0. The molecule has 0 aromatic rings. The lowest BCUT2D eigenvalue weighted by atomic mass is 9.80. The number of sulfone groups is 1. The van der Waals surface area contributed by atoms with E-state index in [1.165, 1.54) is 12.8 Å². The van der Waals surface area contributed by atoms with Crippen LogP contribution < -0.4 is 0 Å². The zero-order valence-corrected chi connectivity index (χ0v) is 12.9. The van der Waals surface area contributed by atoms with E-state index in [-0.39, 0.29) is 17.1 Å². The van der Waals surface area contributed by atoms with Crippen LogP contribution in [0.3, 0.4) is 0 Å². The fourth-order valence-electron chi connectivity index (χ4n) is 2.95. The van der Waals surface area contributed by atoms with Crippen molar-refractivity contribution in [2.24, 2.45) is 17.8 Å². The Hall–Kier alpha value is -0.380. The average Bonchev–Trinajstić information content (AvgIpc) is 3.13. The number of carbonyl (C=O) groups excluding carboxylic acids is 1. The first kappa shape index (κ1) is 15.0. The summed E-state index contributed by atoms with van der Waals surface area (Å²) in [7, 11) is -2.93. The monoisotopic (exact) mass is 286 g/mol. The van der Waals surface area contributed by atoms with Gasteiger partial charge in [0.1, 0.15) is 5.78 Å². The molecule has 0 aromatic heterocycles. The molecule has 0 bridgehead atoms. The Labute approximate surface area is 117 Å². The molecule has 0 spiro atoms. The van der Waals surface area contributed by atoms with Crippen molar-refractivity contribution in [2.75, 3.05) is 5.75 Å². The Morgan fingerprint density at radius 1 is 1.00 bits per heavy atom. The summed E-state index contributed by atoms with van der Waals surface area (Å²) in [5, 5.41) is -0.276. The molecule has 0 amide bonds. The van der Waals surface area contributed by atoms with E-state index in [4.69, 9.17) is 0 Å². The third kappa shape index (κ3) is 4.30. The van der Waals surface area contributed by atoms with Crippen molar-refractivity contribution in [2.45, 2.75) is 64.0 Å². The van der Waals surface area contributed by atoms with Gasteiger partial charge in [-0.15, -0.1) is 0 Å². The van der Waals surface area contributed by atoms with Crippen molar-refractivity contribution in [1.82, 2.24) is 0 Å². The molecule has 19 heavy (non-hydrogen) atoms. The lowest BCUT2D eigenvalue weighted by Gasteiger charge is -2.28. The van der Waals surface area contributed by atoms with Crippen LogP contribution in [0.4, 0.5) is 0 Å². The molecule has 0 atom stereocenters. The van der Waals surface area contributed by atoms with Gasteiger partial charge in [0.25, 0.3) is 0 Å². The number of ketones is 1. The second kappa shape index (κ2) is 5.94. The van der Waals surface area contributed by atoms with Crippen molar-refractivity contribution >= 4 is 15.6 Å².